The predicted octanol–water partition coefficient (Wildman–Crippen LogP) is 4.31. The van der Waals surface area contributed by atoms with Crippen molar-refractivity contribution in [1.82, 2.24) is 10.1 Å². The van der Waals surface area contributed by atoms with Crippen molar-refractivity contribution in [3.8, 4) is 0 Å². The molecule has 0 spiro atoms. The van der Waals surface area contributed by atoms with Crippen LogP contribution in [0, 0.1) is 13.8 Å². The smallest absolute Gasteiger partial charge is 0.256 e. The van der Waals surface area contributed by atoms with E-state index in [0.29, 0.717) is 12.1 Å². The standard InChI is InChI=1S/C20H21N3O2/c1-14-8-10-16(11-9-14)21-19-7-5-4-6-18(19)20(24)23(3)13-17-12-15(2)25-22-17/h4-12,21H,13H2,1-3H3. The lowest BCUT2D eigenvalue weighted by Crippen LogP contribution is -2.27. The van der Waals surface area contributed by atoms with Crippen LogP contribution in [0.2, 0.25) is 0 Å². The molecule has 1 heterocycles. The van der Waals surface area contributed by atoms with E-state index in [4.69, 9.17) is 4.52 Å². The normalized spacial score (nSPS) is 10.5. The van der Waals surface area contributed by atoms with Crippen LogP contribution in [0.3, 0.4) is 0 Å². The molecule has 0 aliphatic heterocycles. The van der Waals surface area contributed by atoms with E-state index in [0.717, 1.165) is 22.8 Å². The second kappa shape index (κ2) is 7.21. The maximum Gasteiger partial charge on any atom is 0.256 e. The Kier molecular flexibility index (Phi) is 4.84. The monoisotopic (exact) mass is 335 g/mol. The van der Waals surface area contributed by atoms with Crippen molar-refractivity contribution in [1.29, 1.82) is 0 Å². The SMILES string of the molecule is Cc1ccc(Nc2ccccc2C(=O)N(C)Cc2cc(C)on2)cc1. The van der Waals surface area contributed by atoms with Gasteiger partial charge in [-0.15, -0.1) is 0 Å². The highest BCUT2D eigenvalue weighted by molar-refractivity contribution is 6.00. The van der Waals surface area contributed by atoms with Gasteiger partial charge < -0.3 is 14.7 Å². The summed E-state index contributed by atoms with van der Waals surface area (Å²) >= 11 is 0. The lowest BCUT2D eigenvalue weighted by atomic mass is 10.1. The van der Waals surface area contributed by atoms with Gasteiger partial charge in [-0.2, -0.15) is 0 Å². The Morgan fingerprint density at radius 2 is 1.84 bits per heavy atom. The van der Waals surface area contributed by atoms with Crippen LogP contribution >= 0.6 is 0 Å². The molecule has 0 saturated carbocycles. The van der Waals surface area contributed by atoms with Gasteiger partial charge >= 0.3 is 0 Å². The Morgan fingerprint density at radius 1 is 1.12 bits per heavy atom. The van der Waals surface area contributed by atoms with Gasteiger partial charge in [0.05, 0.1) is 17.8 Å². The number of hydrogen-bond acceptors (Lipinski definition) is 4. The van der Waals surface area contributed by atoms with E-state index in [1.165, 1.54) is 5.56 Å². The lowest BCUT2D eigenvalue weighted by molar-refractivity contribution is 0.0783. The fourth-order valence-electron chi connectivity index (χ4n) is 2.58. The first-order chi connectivity index (χ1) is 12.0. The van der Waals surface area contributed by atoms with E-state index < -0.39 is 0 Å². The summed E-state index contributed by atoms with van der Waals surface area (Å²) in [6.07, 6.45) is 0. The molecule has 5 nitrogen and oxygen atoms in total. The molecule has 2 aromatic carbocycles. The maximum absolute atomic E-state index is 12.8. The van der Waals surface area contributed by atoms with Crippen LogP contribution in [-0.2, 0) is 6.54 Å². The first-order valence-corrected chi connectivity index (χ1v) is 8.13. The molecule has 0 radical (unpaired) electrons. The zero-order valence-electron chi connectivity index (χ0n) is 14.6. The molecule has 0 unspecified atom stereocenters. The molecule has 1 amide bonds. The third kappa shape index (κ3) is 4.07. The average Bonchev–Trinajstić information content (AvgIpc) is 3.01. The molecule has 25 heavy (non-hydrogen) atoms. The number of anilines is 2. The Morgan fingerprint density at radius 3 is 2.52 bits per heavy atom. The van der Waals surface area contributed by atoms with Crippen molar-refractivity contribution in [2.75, 3.05) is 12.4 Å². The van der Waals surface area contributed by atoms with Crippen LogP contribution in [-0.4, -0.2) is 23.0 Å². The molecule has 0 aliphatic rings. The molecule has 0 saturated heterocycles. The number of nitrogens with one attached hydrogen (secondary N) is 1. The molecule has 0 atom stereocenters. The second-order valence-electron chi connectivity index (χ2n) is 6.13. The first kappa shape index (κ1) is 16.8. The van der Waals surface area contributed by atoms with Crippen LogP contribution in [0.1, 0.15) is 27.4 Å². The first-order valence-electron chi connectivity index (χ1n) is 8.13. The van der Waals surface area contributed by atoms with Gasteiger partial charge in [-0.25, -0.2) is 0 Å². The molecular weight excluding hydrogens is 314 g/mol. The predicted molar refractivity (Wildman–Crippen MR) is 97.9 cm³/mol. The number of amides is 1. The summed E-state index contributed by atoms with van der Waals surface area (Å²) in [4.78, 5) is 14.5. The van der Waals surface area contributed by atoms with Gasteiger partial charge in [0, 0.05) is 18.8 Å². The number of nitrogens with zero attached hydrogens (tertiary/aromatic N) is 2. The zero-order valence-corrected chi connectivity index (χ0v) is 14.6. The Hall–Kier alpha value is -3.08. The number of hydrogen-bond donors (Lipinski definition) is 1. The number of aromatic nitrogens is 1. The van der Waals surface area contributed by atoms with E-state index in [1.807, 2.05) is 68.4 Å². The van der Waals surface area contributed by atoms with Gasteiger partial charge in [0.15, 0.2) is 0 Å². The highest BCUT2D eigenvalue weighted by Gasteiger charge is 2.17. The zero-order chi connectivity index (χ0) is 17.8. The average molecular weight is 335 g/mol. The molecule has 0 bridgehead atoms. The van der Waals surface area contributed by atoms with Gasteiger partial charge in [-0.3, -0.25) is 4.79 Å². The van der Waals surface area contributed by atoms with Crippen molar-refractivity contribution in [3.05, 3.63) is 77.2 Å². The van der Waals surface area contributed by atoms with Gasteiger partial charge in [-0.1, -0.05) is 35.0 Å². The molecule has 3 aromatic rings. The van der Waals surface area contributed by atoms with Gasteiger partial charge in [0.25, 0.3) is 5.91 Å². The van der Waals surface area contributed by atoms with E-state index >= 15 is 0 Å². The highest BCUT2D eigenvalue weighted by atomic mass is 16.5. The number of benzene rings is 2. The maximum atomic E-state index is 12.8. The minimum atomic E-state index is -0.0733. The van der Waals surface area contributed by atoms with Crippen molar-refractivity contribution in [3.63, 3.8) is 0 Å². The van der Waals surface area contributed by atoms with E-state index in [2.05, 4.69) is 10.5 Å². The summed E-state index contributed by atoms with van der Waals surface area (Å²) in [5.41, 5.74) is 4.26. The summed E-state index contributed by atoms with van der Waals surface area (Å²) in [6.45, 7) is 4.27. The topological polar surface area (TPSA) is 58.4 Å². The largest absolute Gasteiger partial charge is 0.361 e. The molecule has 0 aliphatic carbocycles. The third-order valence-corrected chi connectivity index (χ3v) is 3.91. The van der Waals surface area contributed by atoms with Gasteiger partial charge in [-0.05, 0) is 38.1 Å². The van der Waals surface area contributed by atoms with E-state index in [-0.39, 0.29) is 5.91 Å². The summed E-state index contributed by atoms with van der Waals surface area (Å²) < 4.78 is 5.06. The molecule has 5 heteroatoms. The summed E-state index contributed by atoms with van der Waals surface area (Å²) in [6, 6.07) is 17.4. The molecule has 1 N–H and O–H groups in total. The van der Waals surface area contributed by atoms with E-state index in [9.17, 15) is 4.79 Å². The Labute approximate surface area is 147 Å². The summed E-state index contributed by atoms with van der Waals surface area (Å²) in [7, 11) is 1.76. The van der Waals surface area contributed by atoms with Crippen molar-refractivity contribution in [2.45, 2.75) is 20.4 Å². The molecule has 128 valence electrons. The van der Waals surface area contributed by atoms with Crippen molar-refractivity contribution in [2.24, 2.45) is 0 Å². The van der Waals surface area contributed by atoms with Gasteiger partial charge in [0.2, 0.25) is 0 Å². The fourth-order valence-corrected chi connectivity index (χ4v) is 2.58. The van der Waals surface area contributed by atoms with Crippen LogP contribution < -0.4 is 5.32 Å². The van der Waals surface area contributed by atoms with Crippen molar-refractivity contribution >= 4 is 17.3 Å². The number of para-hydroxylation sites is 1. The molecular formula is C20H21N3O2. The minimum Gasteiger partial charge on any atom is -0.361 e. The van der Waals surface area contributed by atoms with Crippen LogP contribution in [0.15, 0.2) is 59.1 Å². The van der Waals surface area contributed by atoms with E-state index in [1.54, 1.807) is 11.9 Å². The molecule has 3 rings (SSSR count). The molecule has 1 aromatic heterocycles. The van der Waals surface area contributed by atoms with Crippen LogP contribution in [0.5, 0.6) is 0 Å². The summed E-state index contributed by atoms with van der Waals surface area (Å²) in [5, 5.41) is 7.27. The number of rotatable bonds is 5. The highest BCUT2D eigenvalue weighted by Crippen LogP contribution is 2.22. The number of carbonyl (C=O) groups is 1. The number of aryl methyl sites for hydroxylation is 2. The van der Waals surface area contributed by atoms with Gasteiger partial charge in [0.1, 0.15) is 11.5 Å². The second-order valence-corrected chi connectivity index (χ2v) is 6.13. The Bertz CT molecular complexity index is 869. The van der Waals surface area contributed by atoms with Crippen LogP contribution in [0.25, 0.3) is 0 Å². The Balaban J connectivity index is 1.79. The quantitative estimate of drug-likeness (QED) is 0.755. The van der Waals surface area contributed by atoms with Crippen molar-refractivity contribution < 1.29 is 9.32 Å². The van der Waals surface area contributed by atoms with Crippen LogP contribution in [0.4, 0.5) is 11.4 Å². The summed E-state index contributed by atoms with van der Waals surface area (Å²) in [5.74, 6) is 0.660. The molecule has 0 fully saturated rings. The lowest BCUT2D eigenvalue weighted by Gasteiger charge is -2.18. The third-order valence-electron chi connectivity index (χ3n) is 3.91. The number of carbonyl (C=O) groups excluding carboxylic acids is 1. The fraction of sp³-hybridized carbons (Fsp3) is 0.200. The minimum absolute atomic E-state index is 0.0733.